The van der Waals surface area contributed by atoms with Gasteiger partial charge in [-0.1, -0.05) is 6.92 Å². The fraction of sp³-hybridized carbons (Fsp3) is 0.300. The van der Waals surface area contributed by atoms with Crippen LogP contribution in [-0.4, -0.2) is 13.4 Å². The van der Waals surface area contributed by atoms with Crippen molar-refractivity contribution in [3.8, 4) is 0 Å². The minimum absolute atomic E-state index is 0.274. The van der Waals surface area contributed by atoms with E-state index in [4.69, 9.17) is 0 Å². The largest absolute Gasteiger partial charge is 0.251 e. The molecule has 2 heterocycles. The predicted octanol–water partition coefficient (Wildman–Crippen LogP) is 3.40. The summed E-state index contributed by atoms with van der Waals surface area (Å²) in [5, 5.41) is 4.37. The maximum absolute atomic E-state index is 12.2. The molecule has 0 aliphatic heterocycles. The van der Waals surface area contributed by atoms with Crippen molar-refractivity contribution in [2.75, 3.05) is 0 Å². The summed E-state index contributed by atoms with van der Waals surface area (Å²) < 4.78 is 28.0. The van der Waals surface area contributed by atoms with Crippen molar-refractivity contribution < 1.29 is 8.42 Å². The predicted molar refractivity (Wildman–Crippen MR) is 77.5 cm³/mol. The molecule has 0 fully saturated rings. The standard InChI is InChI=1S/C10H11BrN2O2S3/c1-2-8(9-12-4-6-16-9)13-18(14,15)10-7(11)3-5-17-10/h3-6,8,13H,2H2,1H3. The summed E-state index contributed by atoms with van der Waals surface area (Å²) in [6, 6.07) is 1.45. The molecule has 0 saturated carbocycles. The summed E-state index contributed by atoms with van der Waals surface area (Å²) in [7, 11) is -3.50. The molecule has 0 amide bonds. The summed E-state index contributed by atoms with van der Waals surface area (Å²) in [5.41, 5.74) is 0. The van der Waals surface area contributed by atoms with E-state index in [1.807, 2.05) is 12.3 Å². The van der Waals surface area contributed by atoms with E-state index in [-0.39, 0.29) is 6.04 Å². The van der Waals surface area contributed by atoms with Gasteiger partial charge in [0.05, 0.1) is 6.04 Å². The van der Waals surface area contributed by atoms with Crippen LogP contribution < -0.4 is 4.72 Å². The average Bonchev–Trinajstić information content (AvgIpc) is 2.96. The van der Waals surface area contributed by atoms with Gasteiger partial charge in [-0.2, -0.15) is 0 Å². The Morgan fingerprint density at radius 3 is 2.72 bits per heavy atom. The van der Waals surface area contributed by atoms with E-state index in [0.29, 0.717) is 15.1 Å². The molecule has 2 aromatic rings. The number of nitrogens with one attached hydrogen (secondary N) is 1. The van der Waals surface area contributed by atoms with E-state index >= 15 is 0 Å². The van der Waals surface area contributed by atoms with Gasteiger partial charge in [0.25, 0.3) is 10.0 Å². The third kappa shape index (κ3) is 3.00. The Hall–Kier alpha value is -0.280. The molecule has 8 heteroatoms. The molecular weight excluding hydrogens is 356 g/mol. The maximum Gasteiger partial charge on any atom is 0.251 e. The molecule has 0 aliphatic carbocycles. The van der Waals surface area contributed by atoms with E-state index in [1.54, 1.807) is 17.6 Å². The highest BCUT2D eigenvalue weighted by Crippen LogP contribution is 2.29. The first-order valence-electron chi connectivity index (χ1n) is 5.19. The van der Waals surface area contributed by atoms with Gasteiger partial charge in [-0.15, -0.1) is 22.7 Å². The lowest BCUT2D eigenvalue weighted by Crippen LogP contribution is -2.27. The number of sulfonamides is 1. The van der Waals surface area contributed by atoms with E-state index in [0.717, 1.165) is 5.01 Å². The second-order valence-corrected chi connectivity index (χ2v) is 8.11. The smallest absolute Gasteiger partial charge is 0.248 e. The third-order valence-corrected chi connectivity index (χ3v) is 7.31. The molecule has 1 unspecified atom stereocenters. The molecule has 18 heavy (non-hydrogen) atoms. The molecule has 1 atom stereocenters. The number of nitrogens with zero attached hydrogens (tertiary/aromatic N) is 1. The zero-order chi connectivity index (χ0) is 13.2. The lowest BCUT2D eigenvalue weighted by Gasteiger charge is -2.14. The highest BCUT2D eigenvalue weighted by molar-refractivity contribution is 9.10. The Balaban J connectivity index is 2.25. The van der Waals surface area contributed by atoms with Crippen LogP contribution in [0.1, 0.15) is 24.4 Å². The fourth-order valence-corrected chi connectivity index (χ4v) is 5.91. The van der Waals surface area contributed by atoms with Crippen LogP contribution in [0.2, 0.25) is 0 Å². The van der Waals surface area contributed by atoms with Gasteiger partial charge >= 0.3 is 0 Å². The minimum atomic E-state index is -3.50. The van der Waals surface area contributed by atoms with Crippen LogP contribution in [0.25, 0.3) is 0 Å². The summed E-state index contributed by atoms with van der Waals surface area (Å²) in [5.74, 6) is 0. The summed E-state index contributed by atoms with van der Waals surface area (Å²) in [6.45, 7) is 1.93. The first-order chi connectivity index (χ1) is 8.54. The Kier molecular flexibility index (Phi) is 4.54. The molecule has 1 N–H and O–H groups in total. The number of hydrogen-bond acceptors (Lipinski definition) is 5. The molecular formula is C10H11BrN2O2S3. The normalized spacial score (nSPS) is 13.7. The maximum atomic E-state index is 12.2. The zero-order valence-corrected chi connectivity index (χ0v) is 13.5. The number of rotatable bonds is 5. The van der Waals surface area contributed by atoms with Gasteiger partial charge in [-0.3, -0.25) is 0 Å². The molecule has 0 aliphatic rings. The molecule has 2 aromatic heterocycles. The number of hydrogen-bond donors (Lipinski definition) is 1. The number of thiazole rings is 1. The van der Waals surface area contributed by atoms with E-state index in [2.05, 4.69) is 25.6 Å². The highest BCUT2D eigenvalue weighted by Gasteiger charge is 2.24. The lowest BCUT2D eigenvalue weighted by molar-refractivity contribution is 0.550. The molecule has 0 bridgehead atoms. The van der Waals surface area contributed by atoms with Gasteiger partial charge in [0.1, 0.15) is 9.22 Å². The Morgan fingerprint density at radius 1 is 1.44 bits per heavy atom. The average molecular weight is 367 g/mol. The second-order valence-electron chi connectivity index (χ2n) is 3.51. The Labute approximate surface area is 122 Å². The van der Waals surface area contributed by atoms with Gasteiger partial charge in [0.15, 0.2) is 0 Å². The molecule has 0 aromatic carbocycles. The van der Waals surface area contributed by atoms with Crippen molar-refractivity contribution >= 4 is 48.6 Å². The van der Waals surface area contributed by atoms with Gasteiger partial charge in [-0.05, 0) is 33.8 Å². The monoisotopic (exact) mass is 366 g/mol. The highest BCUT2D eigenvalue weighted by atomic mass is 79.9. The van der Waals surface area contributed by atoms with Crippen LogP contribution in [0.3, 0.4) is 0 Å². The van der Waals surface area contributed by atoms with Crippen LogP contribution in [0, 0.1) is 0 Å². The minimum Gasteiger partial charge on any atom is -0.248 e. The van der Waals surface area contributed by atoms with Crippen LogP contribution in [0.15, 0.2) is 31.7 Å². The van der Waals surface area contributed by atoms with Crippen LogP contribution >= 0.6 is 38.6 Å². The molecule has 98 valence electrons. The van der Waals surface area contributed by atoms with E-state index in [1.165, 1.54) is 22.7 Å². The Morgan fingerprint density at radius 2 is 2.22 bits per heavy atom. The summed E-state index contributed by atoms with van der Waals surface area (Å²) in [6.07, 6.45) is 2.34. The first kappa shape index (κ1) is 14.1. The van der Waals surface area contributed by atoms with Gasteiger partial charge in [0, 0.05) is 16.0 Å². The zero-order valence-electron chi connectivity index (χ0n) is 9.46. The molecule has 4 nitrogen and oxygen atoms in total. The molecule has 0 saturated heterocycles. The van der Waals surface area contributed by atoms with Crippen molar-refractivity contribution in [3.63, 3.8) is 0 Å². The second kappa shape index (κ2) is 5.79. The number of halogens is 1. The van der Waals surface area contributed by atoms with E-state index < -0.39 is 10.0 Å². The molecule has 0 radical (unpaired) electrons. The topological polar surface area (TPSA) is 59.1 Å². The number of aromatic nitrogens is 1. The first-order valence-corrected chi connectivity index (χ1v) is 9.23. The van der Waals surface area contributed by atoms with Crippen LogP contribution in [-0.2, 0) is 10.0 Å². The van der Waals surface area contributed by atoms with Crippen molar-refractivity contribution in [3.05, 3.63) is 32.5 Å². The third-order valence-electron chi connectivity index (χ3n) is 2.28. The number of thiophene rings is 1. The van der Waals surface area contributed by atoms with Crippen molar-refractivity contribution in [2.24, 2.45) is 0 Å². The summed E-state index contributed by atoms with van der Waals surface area (Å²) in [4.78, 5) is 4.16. The van der Waals surface area contributed by atoms with Crippen molar-refractivity contribution in [1.82, 2.24) is 9.71 Å². The SMILES string of the molecule is CCC(NS(=O)(=O)c1sccc1Br)c1nccs1. The van der Waals surface area contributed by atoms with Crippen molar-refractivity contribution in [1.29, 1.82) is 0 Å². The molecule has 2 rings (SSSR count). The van der Waals surface area contributed by atoms with Gasteiger partial charge < -0.3 is 0 Å². The van der Waals surface area contributed by atoms with Gasteiger partial charge in [0.2, 0.25) is 0 Å². The Bertz CT molecular complexity index is 607. The fourth-order valence-electron chi connectivity index (χ4n) is 1.43. The quantitative estimate of drug-likeness (QED) is 0.881. The van der Waals surface area contributed by atoms with Crippen LogP contribution in [0.4, 0.5) is 0 Å². The van der Waals surface area contributed by atoms with Gasteiger partial charge in [-0.25, -0.2) is 18.1 Å². The lowest BCUT2D eigenvalue weighted by atomic mass is 10.3. The van der Waals surface area contributed by atoms with Crippen LogP contribution in [0.5, 0.6) is 0 Å². The van der Waals surface area contributed by atoms with E-state index in [9.17, 15) is 8.42 Å². The molecule has 0 spiro atoms. The van der Waals surface area contributed by atoms with Crippen molar-refractivity contribution in [2.45, 2.75) is 23.6 Å². The summed E-state index contributed by atoms with van der Waals surface area (Å²) >= 11 is 5.88.